The summed E-state index contributed by atoms with van der Waals surface area (Å²) in [6, 6.07) is 10.4. The molecule has 4 heterocycles. The number of fused-ring (bicyclic) bond motifs is 1. The fourth-order valence-electron chi connectivity index (χ4n) is 3.36. The number of thiophene rings is 1. The lowest BCUT2D eigenvalue weighted by Gasteiger charge is -2.37. The molecule has 1 fully saturated rings. The predicted octanol–water partition coefficient (Wildman–Crippen LogP) is 2.02. The predicted molar refractivity (Wildman–Crippen MR) is 98.7 cm³/mol. The van der Waals surface area contributed by atoms with Gasteiger partial charge in [-0.25, -0.2) is 0 Å². The second-order valence-electron chi connectivity index (χ2n) is 6.67. The molecule has 9 heteroatoms. The normalized spacial score (nSPS) is 16.4. The van der Waals surface area contributed by atoms with Gasteiger partial charge in [-0.1, -0.05) is 23.4 Å². The quantitative estimate of drug-likeness (QED) is 0.628. The molecule has 2 aliphatic rings. The van der Waals surface area contributed by atoms with Crippen LogP contribution < -0.4 is 0 Å². The highest BCUT2D eigenvalue weighted by molar-refractivity contribution is 7.13. The van der Waals surface area contributed by atoms with Crippen LogP contribution in [0.3, 0.4) is 0 Å². The Morgan fingerprint density at radius 1 is 1.11 bits per heavy atom. The highest BCUT2D eigenvalue weighted by Crippen LogP contribution is 2.29. The van der Waals surface area contributed by atoms with Gasteiger partial charge in [-0.2, -0.15) is 4.98 Å². The summed E-state index contributed by atoms with van der Waals surface area (Å²) < 4.78 is 5.32. The van der Waals surface area contributed by atoms with E-state index in [9.17, 15) is 14.4 Å². The Balaban J connectivity index is 1.21. The molecule has 140 valence electrons. The summed E-state index contributed by atoms with van der Waals surface area (Å²) in [5, 5.41) is 5.92. The molecule has 0 saturated carbocycles. The van der Waals surface area contributed by atoms with E-state index in [0.717, 1.165) is 9.78 Å². The Morgan fingerprint density at radius 2 is 1.82 bits per heavy atom. The molecule has 2 aliphatic heterocycles. The van der Waals surface area contributed by atoms with Crippen LogP contribution in [0.2, 0.25) is 0 Å². The molecular formula is C19H14N4O4S. The van der Waals surface area contributed by atoms with Crippen molar-refractivity contribution in [3.05, 3.63) is 58.8 Å². The molecule has 8 nitrogen and oxygen atoms in total. The second kappa shape index (κ2) is 6.38. The first-order valence-electron chi connectivity index (χ1n) is 8.72. The second-order valence-corrected chi connectivity index (χ2v) is 7.62. The number of amides is 3. The number of hydrogen-bond acceptors (Lipinski definition) is 7. The van der Waals surface area contributed by atoms with Crippen LogP contribution in [0.15, 0.2) is 46.3 Å². The Morgan fingerprint density at radius 3 is 2.46 bits per heavy atom. The number of imide groups is 1. The van der Waals surface area contributed by atoms with Crippen LogP contribution in [-0.2, 0) is 4.79 Å². The van der Waals surface area contributed by atoms with E-state index in [1.165, 1.54) is 11.3 Å². The largest absolute Gasteiger partial charge is 0.339 e. The number of likely N-dealkylation sites (tertiary alicyclic amines) is 1. The number of nitrogens with zero attached hydrogens (tertiary/aromatic N) is 4. The lowest BCUT2D eigenvalue weighted by Crippen LogP contribution is -2.52. The van der Waals surface area contributed by atoms with E-state index in [-0.39, 0.29) is 18.4 Å². The number of aromatic nitrogens is 2. The van der Waals surface area contributed by atoms with Crippen molar-refractivity contribution in [3.63, 3.8) is 0 Å². The average molecular weight is 394 g/mol. The van der Waals surface area contributed by atoms with E-state index in [1.807, 2.05) is 17.5 Å². The van der Waals surface area contributed by atoms with Crippen molar-refractivity contribution in [3.8, 4) is 10.7 Å². The molecule has 2 aromatic heterocycles. The molecule has 0 N–H and O–H groups in total. The van der Waals surface area contributed by atoms with E-state index >= 15 is 0 Å². The number of carbonyl (C=O) groups excluding carboxylic acids is 3. The van der Waals surface area contributed by atoms with Gasteiger partial charge in [0.25, 0.3) is 11.8 Å². The van der Waals surface area contributed by atoms with Crippen molar-refractivity contribution in [1.82, 2.24) is 19.9 Å². The molecule has 28 heavy (non-hydrogen) atoms. The number of benzene rings is 1. The number of carbonyl (C=O) groups is 3. The zero-order valence-corrected chi connectivity index (χ0v) is 15.4. The third-order valence-electron chi connectivity index (χ3n) is 4.94. The van der Waals surface area contributed by atoms with Gasteiger partial charge in [0.15, 0.2) is 0 Å². The summed E-state index contributed by atoms with van der Waals surface area (Å²) in [6.45, 7) is 0.589. The highest BCUT2D eigenvalue weighted by Gasteiger charge is 2.40. The van der Waals surface area contributed by atoms with Gasteiger partial charge >= 0.3 is 0 Å². The molecule has 0 bridgehead atoms. The molecular weight excluding hydrogens is 380 g/mol. The number of hydrogen-bond donors (Lipinski definition) is 0. The van der Waals surface area contributed by atoms with Crippen LogP contribution in [0.25, 0.3) is 10.7 Å². The third-order valence-corrected chi connectivity index (χ3v) is 5.80. The number of rotatable bonds is 4. The maximum absolute atomic E-state index is 12.5. The summed E-state index contributed by atoms with van der Waals surface area (Å²) in [6.07, 6.45) is 0. The SMILES string of the molecule is O=C(CN1C(=O)c2ccccc2C1=O)N1CC(c2nc(-c3cccs3)no2)C1. The minimum Gasteiger partial charge on any atom is -0.339 e. The van der Waals surface area contributed by atoms with Gasteiger partial charge in [0, 0.05) is 13.1 Å². The van der Waals surface area contributed by atoms with Gasteiger partial charge in [-0.05, 0) is 23.6 Å². The first-order valence-corrected chi connectivity index (χ1v) is 9.60. The van der Waals surface area contributed by atoms with E-state index in [2.05, 4.69) is 10.1 Å². The Labute approximate surface area is 163 Å². The first-order chi connectivity index (χ1) is 13.6. The molecule has 5 rings (SSSR count). The lowest BCUT2D eigenvalue weighted by atomic mass is 10.00. The molecule has 3 aromatic rings. The smallest absolute Gasteiger partial charge is 0.262 e. The molecule has 0 radical (unpaired) electrons. The maximum atomic E-state index is 12.5. The van der Waals surface area contributed by atoms with E-state index in [1.54, 1.807) is 29.2 Å². The molecule has 3 amide bonds. The molecule has 1 aromatic carbocycles. The van der Waals surface area contributed by atoms with Crippen LogP contribution in [0.4, 0.5) is 0 Å². The zero-order valence-electron chi connectivity index (χ0n) is 14.6. The fraction of sp³-hybridized carbons (Fsp3) is 0.211. The van der Waals surface area contributed by atoms with Crippen molar-refractivity contribution in [2.24, 2.45) is 0 Å². The molecule has 0 unspecified atom stereocenters. The van der Waals surface area contributed by atoms with Gasteiger partial charge < -0.3 is 9.42 Å². The fourth-order valence-corrected chi connectivity index (χ4v) is 4.01. The summed E-state index contributed by atoms with van der Waals surface area (Å²) in [5.41, 5.74) is 0.683. The Bertz CT molecular complexity index is 1050. The Hall–Kier alpha value is -3.33. The van der Waals surface area contributed by atoms with Crippen LogP contribution in [0.1, 0.15) is 32.5 Å². The van der Waals surface area contributed by atoms with Gasteiger partial charge in [0.05, 0.1) is 21.9 Å². The highest BCUT2D eigenvalue weighted by atomic mass is 32.1. The molecule has 0 aliphatic carbocycles. The Kier molecular flexibility index (Phi) is 3.83. The molecule has 0 spiro atoms. The summed E-state index contributed by atoms with van der Waals surface area (Å²) in [5.74, 6) is -0.128. The third kappa shape index (κ3) is 2.63. The maximum Gasteiger partial charge on any atom is 0.262 e. The van der Waals surface area contributed by atoms with E-state index in [4.69, 9.17) is 4.52 Å². The van der Waals surface area contributed by atoms with Gasteiger partial charge in [-0.3, -0.25) is 19.3 Å². The summed E-state index contributed by atoms with van der Waals surface area (Å²) in [4.78, 5) is 45.2. The summed E-state index contributed by atoms with van der Waals surface area (Å²) in [7, 11) is 0. The zero-order chi connectivity index (χ0) is 19.3. The van der Waals surface area contributed by atoms with Gasteiger partial charge in [0.1, 0.15) is 6.54 Å². The monoisotopic (exact) mass is 394 g/mol. The topological polar surface area (TPSA) is 96.6 Å². The summed E-state index contributed by atoms with van der Waals surface area (Å²) >= 11 is 1.53. The minimum atomic E-state index is -0.427. The van der Waals surface area contributed by atoms with Crippen molar-refractivity contribution >= 4 is 29.1 Å². The van der Waals surface area contributed by atoms with Crippen molar-refractivity contribution in [1.29, 1.82) is 0 Å². The minimum absolute atomic E-state index is 0.0349. The molecule has 0 atom stereocenters. The van der Waals surface area contributed by atoms with Crippen LogP contribution in [0, 0.1) is 0 Å². The molecule has 1 saturated heterocycles. The van der Waals surface area contributed by atoms with E-state index < -0.39 is 11.8 Å². The van der Waals surface area contributed by atoms with Crippen molar-refractivity contribution in [2.45, 2.75) is 5.92 Å². The first kappa shape index (κ1) is 16.8. The van der Waals surface area contributed by atoms with Crippen molar-refractivity contribution < 1.29 is 18.9 Å². The van der Waals surface area contributed by atoms with Gasteiger partial charge in [0.2, 0.25) is 17.6 Å². The van der Waals surface area contributed by atoms with E-state index in [0.29, 0.717) is 35.9 Å². The average Bonchev–Trinajstić information content (AvgIpc) is 3.39. The standard InChI is InChI=1S/C19H14N4O4S/c24-15(10-23-18(25)12-4-1-2-5-13(12)19(23)26)22-8-11(9-22)17-20-16(21-27-17)14-6-3-7-28-14/h1-7,11H,8-10H2. The van der Waals surface area contributed by atoms with Crippen LogP contribution in [-0.4, -0.2) is 57.3 Å². The van der Waals surface area contributed by atoms with Crippen LogP contribution in [0.5, 0.6) is 0 Å². The lowest BCUT2D eigenvalue weighted by molar-refractivity contribution is -0.136. The van der Waals surface area contributed by atoms with Gasteiger partial charge in [-0.15, -0.1) is 11.3 Å². The van der Waals surface area contributed by atoms with Crippen LogP contribution >= 0.6 is 11.3 Å². The van der Waals surface area contributed by atoms with Crippen molar-refractivity contribution in [2.75, 3.05) is 19.6 Å².